The third kappa shape index (κ3) is 7.08. The number of aliphatic hydroxyl groups is 1. The Balaban J connectivity index is 1.30. The molecule has 2 N–H and O–H groups in total. The summed E-state index contributed by atoms with van der Waals surface area (Å²) in [5.74, 6) is 0. The van der Waals surface area contributed by atoms with E-state index in [2.05, 4.69) is 21.2 Å². The van der Waals surface area contributed by atoms with Crippen molar-refractivity contribution in [2.24, 2.45) is 0 Å². The zero-order chi connectivity index (χ0) is 28.8. The second-order valence-corrected chi connectivity index (χ2v) is 12.0. The fourth-order valence-electron chi connectivity index (χ4n) is 5.02. The SMILES string of the molecule is C=CCN(C)CC1CC(c2ccc(CO)cc2)OC(c2ccc(CNS(=O)(=O)c3cccc4cccnc34)cc2)O1. The lowest BCUT2D eigenvalue weighted by Crippen LogP contribution is -2.37. The minimum atomic E-state index is -3.77. The van der Waals surface area contributed by atoms with Gasteiger partial charge >= 0.3 is 0 Å². The Morgan fingerprint density at radius 3 is 2.44 bits per heavy atom. The summed E-state index contributed by atoms with van der Waals surface area (Å²) in [6.07, 6.45) is 3.32. The van der Waals surface area contributed by atoms with Crippen molar-refractivity contribution in [1.29, 1.82) is 0 Å². The Bertz CT molecular complexity index is 1570. The van der Waals surface area contributed by atoms with Crippen molar-refractivity contribution in [3.8, 4) is 0 Å². The van der Waals surface area contributed by atoms with Crippen molar-refractivity contribution < 1.29 is 23.0 Å². The number of rotatable bonds is 11. The van der Waals surface area contributed by atoms with E-state index in [1.54, 1.807) is 24.4 Å². The molecule has 0 amide bonds. The number of likely N-dealkylation sites (N-methyl/N-ethyl adjacent to an activating group) is 1. The second kappa shape index (κ2) is 13.0. The van der Waals surface area contributed by atoms with Crippen LogP contribution in [-0.4, -0.2) is 49.6 Å². The highest BCUT2D eigenvalue weighted by molar-refractivity contribution is 7.89. The Hall–Kier alpha value is -3.44. The van der Waals surface area contributed by atoms with E-state index >= 15 is 0 Å². The molecule has 2 heterocycles. The maximum atomic E-state index is 13.1. The van der Waals surface area contributed by atoms with Crippen molar-refractivity contribution in [3.05, 3.63) is 120 Å². The molecule has 1 fully saturated rings. The minimum absolute atomic E-state index is 0.00610. The zero-order valence-electron chi connectivity index (χ0n) is 23.0. The average Bonchev–Trinajstić information content (AvgIpc) is 3.00. The third-order valence-electron chi connectivity index (χ3n) is 7.17. The molecule has 1 aliphatic rings. The van der Waals surface area contributed by atoms with Gasteiger partial charge in [0.1, 0.15) is 4.90 Å². The predicted octanol–water partition coefficient (Wildman–Crippen LogP) is 4.87. The van der Waals surface area contributed by atoms with E-state index in [4.69, 9.17) is 9.47 Å². The molecule has 0 saturated carbocycles. The van der Waals surface area contributed by atoms with Crippen LogP contribution in [0.3, 0.4) is 0 Å². The molecule has 214 valence electrons. The van der Waals surface area contributed by atoms with Gasteiger partial charge in [-0.05, 0) is 35.9 Å². The molecular weight excluding hydrogens is 538 g/mol. The van der Waals surface area contributed by atoms with Gasteiger partial charge in [0.2, 0.25) is 10.0 Å². The summed E-state index contributed by atoms with van der Waals surface area (Å²) in [6, 6.07) is 24.1. The average molecular weight is 574 g/mol. The zero-order valence-corrected chi connectivity index (χ0v) is 23.8. The van der Waals surface area contributed by atoms with Crippen LogP contribution in [0.1, 0.15) is 41.1 Å². The van der Waals surface area contributed by atoms with Gasteiger partial charge in [-0.15, -0.1) is 6.58 Å². The van der Waals surface area contributed by atoms with Crippen molar-refractivity contribution in [2.45, 2.75) is 43.0 Å². The van der Waals surface area contributed by atoms with Crippen molar-refractivity contribution in [1.82, 2.24) is 14.6 Å². The Kier molecular flexibility index (Phi) is 9.24. The van der Waals surface area contributed by atoms with Gasteiger partial charge in [0, 0.05) is 43.2 Å². The molecular formula is C32H35N3O5S. The van der Waals surface area contributed by atoms with Gasteiger partial charge < -0.3 is 19.5 Å². The first kappa shape index (κ1) is 29.1. The monoisotopic (exact) mass is 573 g/mol. The molecule has 1 saturated heterocycles. The second-order valence-electron chi connectivity index (χ2n) is 10.3. The maximum Gasteiger partial charge on any atom is 0.243 e. The molecule has 41 heavy (non-hydrogen) atoms. The third-order valence-corrected chi connectivity index (χ3v) is 8.61. The van der Waals surface area contributed by atoms with E-state index in [1.165, 1.54) is 0 Å². The first-order valence-electron chi connectivity index (χ1n) is 13.6. The van der Waals surface area contributed by atoms with Gasteiger partial charge in [0.05, 0.1) is 24.3 Å². The Labute approximate surface area is 241 Å². The summed E-state index contributed by atoms with van der Waals surface area (Å²) in [7, 11) is -1.74. The van der Waals surface area contributed by atoms with Crippen LogP contribution in [0.2, 0.25) is 0 Å². The summed E-state index contributed by atoms with van der Waals surface area (Å²) < 4.78 is 41.7. The number of aliphatic hydroxyl groups excluding tert-OH is 1. The van der Waals surface area contributed by atoms with E-state index in [0.29, 0.717) is 11.9 Å². The molecule has 0 aliphatic carbocycles. The van der Waals surface area contributed by atoms with Crippen LogP contribution in [-0.2, 0) is 32.6 Å². The van der Waals surface area contributed by atoms with Gasteiger partial charge in [-0.3, -0.25) is 4.98 Å². The van der Waals surface area contributed by atoms with Crippen LogP contribution >= 0.6 is 0 Å². The highest BCUT2D eigenvalue weighted by Crippen LogP contribution is 2.38. The van der Waals surface area contributed by atoms with E-state index in [-0.39, 0.29) is 30.3 Å². The van der Waals surface area contributed by atoms with Crippen molar-refractivity contribution >= 4 is 20.9 Å². The number of sulfonamides is 1. The van der Waals surface area contributed by atoms with Gasteiger partial charge in [-0.2, -0.15) is 0 Å². The molecule has 1 aliphatic heterocycles. The van der Waals surface area contributed by atoms with E-state index in [1.807, 2.05) is 73.8 Å². The largest absolute Gasteiger partial charge is 0.392 e. The first-order chi connectivity index (χ1) is 19.9. The molecule has 4 aromatic rings. The molecule has 3 atom stereocenters. The summed E-state index contributed by atoms with van der Waals surface area (Å²) in [6.45, 7) is 5.43. The fraction of sp³-hybridized carbons (Fsp3) is 0.281. The molecule has 9 heteroatoms. The predicted molar refractivity (Wildman–Crippen MR) is 158 cm³/mol. The highest BCUT2D eigenvalue weighted by atomic mass is 32.2. The lowest BCUT2D eigenvalue weighted by Gasteiger charge is -2.37. The summed E-state index contributed by atoms with van der Waals surface area (Å²) in [5, 5.41) is 10.2. The van der Waals surface area contributed by atoms with Crippen LogP contribution in [0.15, 0.2) is 103 Å². The molecule has 3 unspecified atom stereocenters. The van der Waals surface area contributed by atoms with Crippen LogP contribution < -0.4 is 4.72 Å². The van der Waals surface area contributed by atoms with Crippen LogP contribution in [0.4, 0.5) is 0 Å². The summed E-state index contributed by atoms with van der Waals surface area (Å²) in [5.41, 5.74) is 3.98. The van der Waals surface area contributed by atoms with Crippen LogP contribution in [0.5, 0.6) is 0 Å². The number of nitrogens with zero attached hydrogens (tertiary/aromatic N) is 2. The topological polar surface area (TPSA) is 101 Å². The van der Waals surface area contributed by atoms with Crippen molar-refractivity contribution in [3.63, 3.8) is 0 Å². The molecule has 0 bridgehead atoms. The normalized spacial score (nSPS) is 19.4. The highest BCUT2D eigenvalue weighted by Gasteiger charge is 2.32. The molecule has 8 nitrogen and oxygen atoms in total. The smallest absolute Gasteiger partial charge is 0.243 e. The molecule has 3 aromatic carbocycles. The number of benzene rings is 3. The first-order valence-corrected chi connectivity index (χ1v) is 15.1. The number of para-hydroxylation sites is 1. The van der Waals surface area contributed by atoms with Gasteiger partial charge in [-0.25, -0.2) is 13.1 Å². The lowest BCUT2D eigenvalue weighted by molar-refractivity contribution is -0.252. The number of pyridine rings is 1. The van der Waals surface area contributed by atoms with Gasteiger partial charge in [0.25, 0.3) is 0 Å². The van der Waals surface area contributed by atoms with E-state index in [0.717, 1.165) is 40.7 Å². The standard InChI is InChI=1S/C32H35N3O5S/c1-3-18-35(2)21-28-19-29(25-13-11-24(22-36)12-14-25)40-32(39-28)27-15-9-23(10-16-27)20-34-41(37,38)30-8-4-6-26-7-5-17-33-31(26)30/h3-17,28-29,32,34,36H,1,18-22H2,2H3. The van der Waals surface area contributed by atoms with Crippen LogP contribution in [0.25, 0.3) is 10.9 Å². The van der Waals surface area contributed by atoms with Crippen molar-refractivity contribution in [2.75, 3.05) is 20.1 Å². The number of nitrogens with one attached hydrogen (secondary N) is 1. The van der Waals surface area contributed by atoms with E-state index in [9.17, 15) is 13.5 Å². The Morgan fingerprint density at radius 1 is 1.00 bits per heavy atom. The Morgan fingerprint density at radius 2 is 1.71 bits per heavy atom. The minimum Gasteiger partial charge on any atom is -0.392 e. The van der Waals surface area contributed by atoms with Gasteiger partial charge in [-0.1, -0.05) is 72.8 Å². The molecule has 0 radical (unpaired) electrons. The number of hydrogen-bond acceptors (Lipinski definition) is 7. The van der Waals surface area contributed by atoms with Gasteiger partial charge in [0.15, 0.2) is 6.29 Å². The molecule has 1 aromatic heterocycles. The fourth-order valence-corrected chi connectivity index (χ4v) is 6.21. The number of fused-ring (bicyclic) bond motifs is 1. The number of ether oxygens (including phenoxy) is 2. The lowest BCUT2D eigenvalue weighted by atomic mass is 9.99. The number of hydrogen-bond donors (Lipinski definition) is 2. The maximum absolute atomic E-state index is 13.1. The number of aromatic nitrogens is 1. The quantitative estimate of drug-likeness (QED) is 0.247. The summed E-state index contributed by atoms with van der Waals surface area (Å²) in [4.78, 5) is 6.58. The van der Waals surface area contributed by atoms with E-state index < -0.39 is 16.3 Å². The summed E-state index contributed by atoms with van der Waals surface area (Å²) >= 11 is 0. The molecule has 0 spiro atoms. The van der Waals surface area contributed by atoms with Crippen LogP contribution in [0, 0.1) is 0 Å². The molecule has 5 rings (SSSR count).